The molecule has 0 spiro atoms. The molecule has 3 rings (SSSR count). The Kier molecular flexibility index (Phi) is 12.1. The van der Waals surface area contributed by atoms with Gasteiger partial charge in [0.15, 0.2) is 23.7 Å². The molecule has 14 heteroatoms. The minimum atomic E-state index is -2.27. The topological polar surface area (TPSA) is 221 Å². The molecule has 212 valence electrons. The lowest BCUT2D eigenvalue weighted by atomic mass is 10.2. The summed E-state index contributed by atoms with van der Waals surface area (Å²) in [5.74, 6) is 0.367. The van der Waals surface area contributed by atoms with E-state index in [-0.39, 0.29) is 6.42 Å². The van der Waals surface area contributed by atoms with E-state index in [0.717, 1.165) is 16.6 Å². The predicted octanol–water partition coefficient (Wildman–Crippen LogP) is 1.30. The number of fused-ring (bicyclic) bond motifs is 1. The molecule has 0 saturated heterocycles. The smallest absolute Gasteiger partial charge is 0.335 e. The normalized spacial score (nSPS) is 11.7. The molecule has 7 N–H and O–H groups in total. The Bertz CT molecular complexity index is 1360. The van der Waals surface area contributed by atoms with Gasteiger partial charge in [0, 0.05) is 29.1 Å². The SMILES string of the molecule is C#Cc1cccc(Nc2ncnc3cc(OC)c(OCCCCC(=O)NO)cc23)c1.O=C(O)C(O)C(O)C(=O)O. The van der Waals surface area contributed by atoms with Crippen molar-refractivity contribution in [2.75, 3.05) is 19.0 Å². The summed E-state index contributed by atoms with van der Waals surface area (Å²) < 4.78 is 11.3. The van der Waals surface area contributed by atoms with E-state index < -0.39 is 30.1 Å². The zero-order valence-electron chi connectivity index (χ0n) is 21.3. The van der Waals surface area contributed by atoms with E-state index in [4.69, 9.17) is 41.5 Å². The highest BCUT2D eigenvalue weighted by Gasteiger charge is 2.29. The summed E-state index contributed by atoms with van der Waals surface area (Å²) in [4.78, 5) is 39.3. The minimum Gasteiger partial charge on any atom is -0.493 e. The van der Waals surface area contributed by atoms with Crippen LogP contribution in [0.1, 0.15) is 24.8 Å². The molecular weight excluding hydrogens is 528 g/mol. The molecule has 0 saturated carbocycles. The van der Waals surface area contributed by atoms with E-state index in [9.17, 15) is 14.4 Å². The second-order valence-electron chi connectivity index (χ2n) is 8.00. The maximum absolute atomic E-state index is 11.1. The number of aliphatic hydroxyl groups is 2. The van der Waals surface area contributed by atoms with Gasteiger partial charge in [-0.2, -0.15) is 0 Å². The van der Waals surface area contributed by atoms with Crippen LogP contribution in [0.25, 0.3) is 10.9 Å². The number of unbranched alkanes of at least 4 members (excludes halogenated alkanes) is 1. The molecule has 0 fully saturated rings. The van der Waals surface area contributed by atoms with Crippen LogP contribution in [-0.4, -0.2) is 79.4 Å². The zero-order valence-corrected chi connectivity index (χ0v) is 21.3. The first-order valence-electron chi connectivity index (χ1n) is 11.6. The summed E-state index contributed by atoms with van der Waals surface area (Å²) in [5, 5.41) is 45.1. The first kappa shape index (κ1) is 31.2. The first-order valence-corrected chi connectivity index (χ1v) is 11.6. The number of methoxy groups -OCH3 is 1. The monoisotopic (exact) mass is 556 g/mol. The van der Waals surface area contributed by atoms with E-state index in [0.29, 0.717) is 42.3 Å². The minimum absolute atomic E-state index is 0.230. The number of carbonyl (C=O) groups is 3. The number of nitrogens with one attached hydrogen (secondary N) is 2. The molecule has 2 aromatic carbocycles. The number of rotatable bonds is 12. The third-order valence-corrected chi connectivity index (χ3v) is 5.20. The number of carbonyl (C=O) groups excluding carboxylic acids is 1. The number of benzene rings is 2. The summed E-state index contributed by atoms with van der Waals surface area (Å²) in [7, 11) is 1.56. The third-order valence-electron chi connectivity index (χ3n) is 5.20. The molecular formula is C26H28N4O10. The number of aliphatic carboxylic acids is 2. The summed E-state index contributed by atoms with van der Waals surface area (Å²) in [6.07, 6.45) is 3.88. The average Bonchev–Trinajstić information content (AvgIpc) is 2.96. The molecule has 2 unspecified atom stereocenters. The molecule has 0 radical (unpaired) electrons. The number of hydrogen-bond donors (Lipinski definition) is 7. The number of aromatic nitrogens is 2. The van der Waals surface area contributed by atoms with Crippen LogP contribution in [0.5, 0.6) is 11.5 Å². The van der Waals surface area contributed by atoms with Crippen molar-refractivity contribution in [1.82, 2.24) is 15.4 Å². The van der Waals surface area contributed by atoms with Crippen LogP contribution in [0.3, 0.4) is 0 Å². The summed E-state index contributed by atoms with van der Waals surface area (Å²) in [6, 6.07) is 11.1. The number of aliphatic hydroxyl groups excluding tert-OH is 2. The molecule has 1 amide bonds. The lowest BCUT2D eigenvalue weighted by Gasteiger charge is -2.14. The fourth-order valence-corrected chi connectivity index (χ4v) is 3.16. The number of hydrogen-bond acceptors (Lipinski definition) is 11. The molecule has 1 aromatic heterocycles. The van der Waals surface area contributed by atoms with Crippen molar-refractivity contribution in [3.63, 3.8) is 0 Å². The van der Waals surface area contributed by atoms with Crippen LogP contribution in [0.4, 0.5) is 11.5 Å². The summed E-state index contributed by atoms with van der Waals surface area (Å²) in [5.41, 5.74) is 3.89. The van der Waals surface area contributed by atoms with Gasteiger partial charge in [-0.3, -0.25) is 10.0 Å². The van der Waals surface area contributed by atoms with Gasteiger partial charge in [-0.1, -0.05) is 12.0 Å². The molecule has 1 heterocycles. The average molecular weight is 557 g/mol. The van der Waals surface area contributed by atoms with Gasteiger partial charge in [0.05, 0.1) is 19.2 Å². The van der Waals surface area contributed by atoms with Crippen molar-refractivity contribution in [3.8, 4) is 23.8 Å². The van der Waals surface area contributed by atoms with Crippen LogP contribution in [0.2, 0.25) is 0 Å². The number of ether oxygens (including phenoxy) is 2. The summed E-state index contributed by atoms with van der Waals surface area (Å²) >= 11 is 0. The van der Waals surface area contributed by atoms with Crippen LogP contribution in [-0.2, 0) is 14.4 Å². The van der Waals surface area contributed by atoms with Gasteiger partial charge in [-0.25, -0.2) is 25.0 Å². The van der Waals surface area contributed by atoms with Gasteiger partial charge in [-0.15, -0.1) is 6.42 Å². The van der Waals surface area contributed by atoms with Crippen LogP contribution in [0, 0.1) is 12.3 Å². The maximum Gasteiger partial charge on any atom is 0.335 e. The van der Waals surface area contributed by atoms with Crippen molar-refractivity contribution < 1.29 is 49.5 Å². The van der Waals surface area contributed by atoms with Crippen LogP contribution >= 0.6 is 0 Å². The highest BCUT2D eigenvalue weighted by molar-refractivity contribution is 5.93. The number of carboxylic acid groups (broad SMARTS) is 2. The zero-order chi connectivity index (χ0) is 29.7. The van der Waals surface area contributed by atoms with E-state index in [1.165, 1.54) is 6.33 Å². The third kappa shape index (κ3) is 9.10. The number of terminal acetylenes is 1. The van der Waals surface area contributed by atoms with Gasteiger partial charge >= 0.3 is 11.9 Å². The molecule has 0 aliphatic rings. The van der Waals surface area contributed by atoms with Gasteiger partial charge in [0.1, 0.15) is 12.1 Å². The Balaban J connectivity index is 0.000000478. The number of carboxylic acids is 2. The lowest BCUT2D eigenvalue weighted by Crippen LogP contribution is -2.39. The first-order chi connectivity index (χ1) is 19.1. The van der Waals surface area contributed by atoms with Crippen LogP contribution < -0.4 is 20.3 Å². The highest BCUT2D eigenvalue weighted by Crippen LogP contribution is 2.35. The molecule has 0 aliphatic heterocycles. The quantitative estimate of drug-likeness (QED) is 0.0724. The molecule has 0 bridgehead atoms. The van der Waals surface area contributed by atoms with E-state index >= 15 is 0 Å². The second kappa shape index (κ2) is 15.4. The van der Waals surface area contributed by atoms with Gasteiger partial charge in [-0.05, 0) is 37.1 Å². The Hall–Kier alpha value is -4.97. The lowest BCUT2D eigenvalue weighted by molar-refractivity contribution is -0.165. The molecule has 0 aliphatic carbocycles. The number of amides is 1. The maximum atomic E-state index is 11.1. The Morgan fingerprint density at radius 1 is 1.02 bits per heavy atom. The van der Waals surface area contributed by atoms with Crippen molar-refractivity contribution in [2.24, 2.45) is 0 Å². The molecule has 3 aromatic rings. The van der Waals surface area contributed by atoms with Crippen LogP contribution in [0.15, 0.2) is 42.7 Å². The van der Waals surface area contributed by atoms with Gasteiger partial charge in [0.25, 0.3) is 0 Å². The Morgan fingerprint density at radius 3 is 2.33 bits per heavy atom. The number of anilines is 2. The van der Waals surface area contributed by atoms with E-state index in [1.54, 1.807) is 18.7 Å². The van der Waals surface area contributed by atoms with Crippen molar-refractivity contribution >= 4 is 40.3 Å². The highest BCUT2D eigenvalue weighted by atomic mass is 16.5. The van der Waals surface area contributed by atoms with E-state index in [2.05, 4.69) is 21.2 Å². The second-order valence-corrected chi connectivity index (χ2v) is 8.00. The molecule has 14 nitrogen and oxygen atoms in total. The van der Waals surface area contributed by atoms with Crippen molar-refractivity contribution in [3.05, 3.63) is 48.3 Å². The standard InChI is InChI=1S/C22H22N4O4.C4H6O6/c1-3-15-7-6-8-16(11-15)25-22-17-12-20(30-10-5-4-9-21(27)26-28)19(29-2)13-18(17)23-14-24-22;5-1(3(7)8)2(6)4(9)10/h1,6-8,11-14,28H,4-5,9-10H2,2H3,(H,26,27)(H,23,24,25);1-2,5-6H,(H,7,8)(H,9,10). The van der Waals surface area contributed by atoms with Crippen molar-refractivity contribution in [1.29, 1.82) is 0 Å². The predicted molar refractivity (Wildman–Crippen MR) is 140 cm³/mol. The fraction of sp³-hybridized carbons (Fsp3) is 0.269. The Labute approximate surface area is 228 Å². The largest absolute Gasteiger partial charge is 0.493 e. The Morgan fingerprint density at radius 2 is 1.73 bits per heavy atom. The molecule has 2 atom stereocenters. The molecule has 40 heavy (non-hydrogen) atoms. The van der Waals surface area contributed by atoms with E-state index in [1.807, 2.05) is 30.3 Å². The number of nitrogens with zero attached hydrogens (tertiary/aromatic N) is 2. The van der Waals surface area contributed by atoms with Gasteiger partial charge in [0.2, 0.25) is 5.91 Å². The van der Waals surface area contributed by atoms with Gasteiger partial charge < -0.3 is 35.2 Å². The van der Waals surface area contributed by atoms with Crippen molar-refractivity contribution in [2.45, 2.75) is 31.5 Å². The number of hydroxylamine groups is 1. The summed E-state index contributed by atoms with van der Waals surface area (Å²) in [6.45, 7) is 0.390. The fourth-order valence-electron chi connectivity index (χ4n) is 3.16.